The second-order valence-electron chi connectivity index (χ2n) is 19.0. The molecule has 0 saturated carbocycles. The third kappa shape index (κ3) is 46.4. The standard InChI is InChI=1S/C58H107NO5/c1-4-7-10-13-16-19-22-25-27-28-30-32-34-37-40-43-46-49-54(64-58(63)51-48-45-42-39-36-31-24-21-18-15-12-9-6-3)52-57(62)59-55(53-60)56(61)50-47-44-41-38-35-33-29-26-23-20-17-14-11-8-5-2/h9,12,15,18,21,24-25,27,54-56,60-61H,4-8,10-11,13-14,16-17,19-20,22-23,26,28-53H2,1-3H3,(H,59,62)/b12-9+,18-15+,24-21-,27-25+. The highest BCUT2D eigenvalue weighted by Crippen LogP contribution is 2.18. The number of hydrogen-bond donors (Lipinski definition) is 3. The number of nitrogens with one attached hydrogen (secondary N) is 1. The van der Waals surface area contributed by atoms with E-state index in [1.54, 1.807) is 0 Å². The van der Waals surface area contributed by atoms with Crippen molar-refractivity contribution in [2.24, 2.45) is 0 Å². The zero-order valence-corrected chi connectivity index (χ0v) is 42.7. The molecule has 0 heterocycles. The van der Waals surface area contributed by atoms with E-state index in [1.165, 1.54) is 154 Å². The molecule has 0 bridgehead atoms. The predicted octanol–water partition coefficient (Wildman–Crippen LogP) is 17.0. The Hall–Kier alpha value is -2.18. The van der Waals surface area contributed by atoms with E-state index in [4.69, 9.17) is 4.74 Å². The number of carbonyl (C=O) groups excluding carboxylic acids is 2. The fourth-order valence-corrected chi connectivity index (χ4v) is 8.49. The molecule has 0 aliphatic heterocycles. The molecule has 1 amide bonds. The molecule has 0 radical (unpaired) electrons. The highest BCUT2D eigenvalue weighted by Gasteiger charge is 2.24. The largest absolute Gasteiger partial charge is 0.462 e. The molecule has 64 heavy (non-hydrogen) atoms. The lowest BCUT2D eigenvalue weighted by molar-refractivity contribution is -0.151. The van der Waals surface area contributed by atoms with Crippen LogP contribution >= 0.6 is 0 Å². The fourth-order valence-electron chi connectivity index (χ4n) is 8.49. The number of unbranched alkanes of at least 4 members (excludes halogenated alkanes) is 32. The molecule has 3 atom stereocenters. The van der Waals surface area contributed by atoms with Gasteiger partial charge in [-0.25, -0.2) is 0 Å². The number of carbonyl (C=O) groups is 2. The summed E-state index contributed by atoms with van der Waals surface area (Å²) in [6, 6.07) is -0.707. The maximum Gasteiger partial charge on any atom is 0.306 e. The number of allylic oxidation sites excluding steroid dienone is 8. The van der Waals surface area contributed by atoms with E-state index in [2.05, 4.69) is 74.7 Å². The Morgan fingerprint density at radius 1 is 0.469 bits per heavy atom. The number of ether oxygens (including phenoxy) is 1. The molecular weight excluding hydrogens is 791 g/mol. The molecule has 0 spiro atoms. The molecule has 0 aromatic carbocycles. The number of esters is 1. The summed E-state index contributed by atoms with van der Waals surface area (Å²) < 4.78 is 5.94. The first-order valence-electron chi connectivity index (χ1n) is 27.9. The number of amides is 1. The lowest BCUT2D eigenvalue weighted by Crippen LogP contribution is -2.46. The van der Waals surface area contributed by atoms with E-state index < -0.39 is 18.2 Å². The van der Waals surface area contributed by atoms with E-state index >= 15 is 0 Å². The third-order valence-electron chi connectivity index (χ3n) is 12.7. The molecule has 3 N–H and O–H groups in total. The molecule has 0 aliphatic rings. The Morgan fingerprint density at radius 3 is 1.31 bits per heavy atom. The minimum atomic E-state index is -0.793. The number of rotatable bonds is 50. The highest BCUT2D eigenvalue weighted by molar-refractivity contribution is 5.77. The summed E-state index contributed by atoms with van der Waals surface area (Å²) in [5.74, 6) is -0.493. The smallest absolute Gasteiger partial charge is 0.306 e. The van der Waals surface area contributed by atoms with Crippen molar-refractivity contribution in [3.8, 4) is 0 Å². The minimum absolute atomic E-state index is 0.0674. The van der Waals surface area contributed by atoms with Crippen LogP contribution in [0.2, 0.25) is 0 Å². The minimum Gasteiger partial charge on any atom is -0.462 e. The van der Waals surface area contributed by atoms with Crippen molar-refractivity contribution in [3.63, 3.8) is 0 Å². The molecule has 374 valence electrons. The van der Waals surface area contributed by atoms with Gasteiger partial charge < -0.3 is 20.3 Å². The number of hydrogen-bond acceptors (Lipinski definition) is 5. The predicted molar refractivity (Wildman–Crippen MR) is 278 cm³/mol. The quantitative estimate of drug-likeness (QED) is 0.0245. The van der Waals surface area contributed by atoms with Gasteiger partial charge in [-0.05, 0) is 70.6 Å². The van der Waals surface area contributed by atoms with Crippen LogP contribution in [0.15, 0.2) is 48.6 Å². The SMILES string of the molecule is CC/C=C/C=C/C=C\CCCCCCCC(=O)OC(CCCCCCCCC/C=C/CCCCCCCC)CC(=O)NC(CO)C(O)CCCCCCCCCCCCCCCCC. The third-order valence-corrected chi connectivity index (χ3v) is 12.7. The van der Waals surface area contributed by atoms with Crippen molar-refractivity contribution in [2.45, 2.75) is 302 Å². The van der Waals surface area contributed by atoms with Gasteiger partial charge in [-0.15, -0.1) is 0 Å². The number of aliphatic hydroxyl groups excluding tert-OH is 2. The summed E-state index contributed by atoms with van der Waals surface area (Å²) in [4.78, 5) is 26.2. The van der Waals surface area contributed by atoms with Gasteiger partial charge in [0.2, 0.25) is 5.91 Å². The van der Waals surface area contributed by atoms with Crippen LogP contribution in [0.1, 0.15) is 284 Å². The van der Waals surface area contributed by atoms with Crippen LogP contribution in [0.4, 0.5) is 0 Å². The summed E-state index contributed by atoms with van der Waals surface area (Å²) >= 11 is 0. The first-order valence-corrected chi connectivity index (χ1v) is 27.9. The van der Waals surface area contributed by atoms with Crippen molar-refractivity contribution < 1.29 is 24.5 Å². The molecule has 0 aromatic heterocycles. The molecule has 0 saturated heterocycles. The summed E-state index contributed by atoms with van der Waals surface area (Å²) in [5, 5.41) is 23.9. The molecule has 6 heteroatoms. The molecule has 0 aromatic rings. The summed E-state index contributed by atoms with van der Waals surface area (Å²) in [6.45, 7) is 6.37. The summed E-state index contributed by atoms with van der Waals surface area (Å²) in [6.07, 6.45) is 63.2. The zero-order chi connectivity index (χ0) is 46.7. The Morgan fingerprint density at radius 2 is 0.859 bits per heavy atom. The molecule has 0 aliphatic carbocycles. The lowest BCUT2D eigenvalue weighted by atomic mass is 10.0. The van der Waals surface area contributed by atoms with Crippen LogP contribution in [0.3, 0.4) is 0 Å². The van der Waals surface area contributed by atoms with E-state index in [9.17, 15) is 19.8 Å². The summed E-state index contributed by atoms with van der Waals surface area (Å²) in [7, 11) is 0. The molecule has 3 unspecified atom stereocenters. The average molecular weight is 898 g/mol. The Bertz CT molecular complexity index is 1100. The average Bonchev–Trinajstić information content (AvgIpc) is 3.29. The summed E-state index contributed by atoms with van der Waals surface area (Å²) in [5.41, 5.74) is 0. The van der Waals surface area contributed by atoms with Crippen LogP contribution < -0.4 is 5.32 Å². The van der Waals surface area contributed by atoms with Crippen molar-refractivity contribution in [2.75, 3.05) is 6.61 Å². The second kappa shape index (κ2) is 51.8. The van der Waals surface area contributed by atoms with E-state index in [1.807, 2.05) is 0 Å². The van der Waals surface area contributed by atoms with Crippen LogP contribution in [0.25, 0.3) is 0 Å². The first-order chi connectivity index (χ1) is 31.5. The maximum absolute atomic E-state index is 13.2. The van der Waals surface area contributed by atoms with Gasteiger partial charge >= 0.3 is 5.97 Å². The van der Waals surface area contributed by atoms with Crippen molar-refractivity contribution in [1.82, 2.24) is 5.32 Å². The van der Waals surface area contributed by atoms with Gasteiger partial charge in [-0.1, -0.05) is 249 Å². The van der Waals surface area contributed by atoms with Gasteiger partial charge in [-0.3, -0.25) is 9.59 Å². The Labute approximate surface area is 397 Å². The Balaban J connectivity index is 4.57. The van der Waals surface area contributed by atoms with E-state index in [0.717, 1.165) is 83.5 Å². The first kappa shape index (κ1) is 61.8. The van der Waals surface area contributed by atoms with Crippen LogP contribution in [-0.2, 0) is 14.3 Å². The molecule has 0 fully saturated rings. The number of aliphatic hydroxyl groups is 2. The second-order valence-corrected chi connectivity index (χ2v) is 19.0. The van der Waals surface area contributed by atoms with Crippen molar-refractivity contribution >= 4 is 11.9 Å². The lowest BCUT2D eigenvalue weighted by Gasteiger charge is -2.24. The van der Waals surface area contributed by atoms with Gasteiger partial charge in [0.15, 0.2) is 0 Å². The highest BCUT2D eigenvalue weighted by atomic mass is 16.5. The van der Waals surface area contributed by atoms with Crippen LogP contribution in [0.5, 0.6) is 0 Å². The molecule has 6 nitrogen and oxygen atoms in total. The van der Waals surface area contributed by atoms with Crippen molar-refractivity contribution in [3.05, 3.63) is 48.6 Å². The van der Waals surface area contributed by atoms with Gasteiger partial charge in [0.25, 0.3) is 0 Å². The monoisotopic (exact) mass is 898 g/mol. The maximum atomic E-state index is 13.2. The van der Waals surface area contributed by atoms with Gasteiger partial charge in [0.05, 0.1) is 25.2 Å². The van der Waals surface area contributed by atoms with E-state index in [-0.39, 0.29) is 24.9 Å². The van der Waals surface area contributed by atoms with Gasteiger partial charge in [0.1, 0.15) is 6.10 Å². The van der Waals surface area contributed by atoms with Crippen molar-refractivity contribution in [1.29, 1.82) is 0 Å². The molecule has 0 rings (SSSR count). The molecular formula is C58H107NO5. The van der Waals surface area contributed by atoms with Gasteiger partial charge in [-0.2, -0.15) is 0 Å². The normalized spacial score (nSPS) is 13.5. The van der Waals surface area contributed by atoms with Crippen LogP contribution in [0, 0.1) is 0 Å². The van der Waals surface area contributed by atoms with Gasteiger partial charge in [0, 0.05) is 6.42 Å². The topological polar surface area (TPSA) is 95.9 Å². The van der Waals surface area contributed by atoms with Crippen LogP contribution in [-0.4, -0.2) is 46.9 Å². The van der Waals surface area contributed by atoms with E-state index in [0.29, 0.717) is 19.3 Å². The fraction of sp³-hybridized carbons (Fsp3) is 0.828. The zero-order valence-electron chi connectivity index (χ0n) is 42.7. The Kier molecular flexibility index (Phi) is 50.0.